The monoisotopic (exact) mass is 324 g/mol. The minimum atomic E-state index is -3.12. The van der Waals surface area contributed by atoms with Crippen LogP contribution in [0.3, 0.4) is 0 Å². The molecule has 0 fully saturated rings. The molecule has 3 heteroatoms. The van der Waals surface area contributed by atoms with Crippen molar-refractivity contribution in [1.82, 2.24) is 4.40 Å². The molecule has 0 atom stereocenters. The molecule has 0 saturated carbocycles. The fourth-order valence-electron chi connectivity index (χ4n) is 4.15. The number of aromatic nitrogens is 1. The fraction of sp³-hybridized carbons (Fsp3) is 0.238. The first-order valence-corrected chi connectivity index (χ1v) is 7.95. The van der Waals surface area contributed by atoms with E-state index in [0.717, 1.165) is 10.9 Å². The van der Waals surface area contributed by atoms with Gasteiger partial charge in [0.2, 0.25) is 0 Å². The number of halogens is 2. The third kappa shape index (κ3) is 1.32. The van der Waals surface area contributed by atoms with Crippen LogP contribution in [0.5, 0.6) is 0 Å². The standard InChI is InChI=1S/C21H17F2N/c1-12-8-9-15-19-18(12)14-7-5-4-6-13(14)16-10-11-17(24(16)19)20(2,3)21(15,22)23/h4-11H,1-3H3/i1D3. The van der Waals surface area contributed by atoms with Crippen LogP contribution in [-0.2, 0) is 11.3 Å². The second kappa shape index (κ2) is 3.97. The van der Waals surface area contributed by atoms with Gasteiger partial charge in [-0.2, -0.15) is 0 Å². The van der Waals surface area contributed by atoms with Gasteiger partial charge in [-0.1, -0.05) is 36.4 Å². The van der Waals surface area contributed by atoms with Gasteiger partial charge in [-0.15, -0.1) is 0 Å². The maximum Gasteiger partial charge on any atom is 0.285 e. The molecule has 3 heterocycles. The topological polar surface area (TPSA) is 4.41 Å². The highest BCUT2D eigenvalue weighted by Gasteiger charge is 2.54. The van der Waals surface area contributed by atoms with Gasteiger partial charge in [0.25, 0.3) is 5.92 Å². The zero-order valence-electron chi connectivity index (χ0n) is 16.3. The highest BCUT2D eigenvalue weighted by molar-refractivity contribution is 6.15. The van der Waals surface area contributed by atoms with Crippen molar-refractivity contribution < 1.29 is 12.9 Å². The molecule has 0 spiro atoms. The Morgan fingerprint density at radius 2 is 1.71 bits per heavy atom. The lowest BCUT2D eigenvalue weighted by Gasteiger charge is -2.39. The summed E-state index contributed by atoms with van der Waals surface area (Å²) in [5.74, 6) is -3.12. The van der Waals surface area contributed by atoms with E-state index < -0.39 is 18.2 Å². The average Bonchev–Trinajstić information content (AvgIpc) is 3.05. The summed E-state index contributed by atoms with van der Waals surface area (Å²) >= 11 is 0. The van der Waals surface area contributed by atoms with Gasteiger partial charge >= 0.3 is 0 Å². The summed E-state index contributed by atoms with van der Waals surface area (Å²) in [6.45, 7) is 0.678. The number of alkyl halides is 2. The van der Waals surface area contributed by atoms with Crippen molar-refractivity contribution in [2.45, 2.75) is 32.0 Å². The van der Waals surface area contributed by atoms with E-state index in [1.807, 2.05) is 34.7 Å². The number of benzene rings is 2. The Kier molecular flexibility index (Phi) is 1.85. The molecule has 0 bridgehead atoms. The Morgan fingerprint density at radius 1 is 0.958 bits per heavy atom. The third-order valence-corrected chi connectivity index (χ3v) is 5.52. The predicted octanol–water partition coefficient (Wildman–Crippen LogP) is 5.94. The summed E-state index contributed by atoms with van der Waals surface area (Å²) in [6, 6.07) is 13.7. The molecule has 4 aromatic rings. The van der Waals surface area contributed by atoms with Crippen molar-refractivity contribution in [3.63, 3.8) is 0 Å². The molecule has 120 valence electrons. The zero-order chi connectivity index (χ0) is 19.4. The zero-order valence-corrected chi connectivity index (χ0v) is 13.3. The van der Waals surface area contributed by atoms with Crippen LogP contribution in [0.2, 0.25) is 0 Å². The lowest BCUT2D eigenvalue weighted by atomic mass is 9.75. The van der Waals surface area contributed by atoms with E-state index in [4.69, 9.17) is 4.11 Å². The molecule has 5 rings (SSSR count). The van der Waals surface area contributed by atoms with Gasteiger partial charge in [-0.05, 0) is 43.8 Å². The first kappa shape index (κ1) is 11.2. The molecule has 0 unspecified atom stereocenters. The Labute approximate surface area is 142 Å². The Balaban J connectivity index is 2.20. The van der Waals surface area contributed by atoms with Crippen LogP contribution >= 0.6 is 0 Å². The van der Waals surface area contributed by atoms with E-state index in [1.54, 1.807) is 6.07 Å². The highest BCUT2D eigenvalue weighted by atomic mass is 19.3. The van der Waals surface area contributed by atoms with Crippen molar-refractivity contribution in [2.75, 3.05) is 0 Å². The second-order valence-electron chi connectivity index (χ2n) is 7.07. The number of nitrogens with zero attached hydrogens (tertiary/aromatic N) is 1. The van der Waals surface area contributed by atoms with Crippen molar-refractivity contribution >= 4 is 27.2 Å². The van der Waals surface area contributed by atoms with Crippen LogP contribution in [0.25, 0.3) is 27.2 Å². The van der Waals surface area contributed by atoms with Gasteiger partial charge in [0.05, 0.1) is 16.4 Å². The van der Waals surface area contributed by atoms with Crippen LogP contribution in [0.1, 0.15) is 34.8 Å². The molecule has 0 aliphatic carbocycles. The number of pyridine rings is 1. The molecule has 0 radical (unpaired) electrons. The number of hydrogen-bond acceptors (Lipinski definition) is 0. The molecule has 0 saturated heterocycles. The predicted molar refractivity (Wildman–Crippen MR) is 94.1 cm³/mol. The molecular weight excluding hydrogens is 304 g/mol. The van der Waals surface area contributed by atoms with E-state index in [2.05, 4.69) is 0 Å². The van der Waals surface area contributed by atoms with Crippen LogP contribution in [0, 0.1) is 6.85 Å². The number of fused-ring (bicyclic) bond motifs is 3. The lowest BCUT2D eigenvalue weighted by Crippen LogP contribution is -2.42. The molecular formula is C21H17F2N. The smallest absolute Gasteiger partial charge is 0.285 e. The van der Waals surface area contributed by atoms with Crippen molar-refractivity contribution in [2.24, 2.45) is 0 Å². The molecule has 2 aromatic heterocycles. The SMILES string of the molecule is [2H]C([2H])([2H])c1ccc2c3c1c1ccccc1c1ccc(n13)C(C)(C)C2(F)F. The lowest BCUT2D eigenvalue weighted by molar-refractivity contribution is -0.0758. The summed E-state index contributed by atoms with van der Waals surface area (Å²) in [5, 5.41) is 1.94. The minimum absolute atomic E-state index is 0.106. The molecule has 0 amide bonds. The Morgan fingerprint density at radius 3 is 2.46 bits per heavy atom. The van der Waals surface area contributed by atoms with Crippen LogP contribution in [0.15, 0.2) is 48.5 Å². The molecule has 0 N–H and O–H groups in total. The van der Waals surface area contributed by atoms with Crippen molar-refractivity contribution in [3.8, 4) is 0 Å². The minimum Gasteiger partial charge on any atom is -0.312 e. The van der Waals surface area contributed by atoms with Gasteiger partial charge in [0.1, 0.15) is 0 Å². The number of hydrogen-bond donors (Lipinski definition) is 0. The molecule has 1 aliphatic rings. The Hall–Kier alpha value is -2.42. The van der Waals surface area contributed by atoms with Crippen LogP contribution in [0.4, 0.5) is 8.78 Å². The van der Waals surface area contributed by atoms with Gasteiger partial charge in [0.15, 0.2) is 0 Å². The molecule has 2 aromatic carbocycles. The van der Waals surface area contributed by atoms with E-state index in [-0.39, 0.29) is 11.1 Å². The maximum atomic E-state index is 15.5. The largest absolute Gasteiger partial charge is 0.312 e. The maximum absolute atomic E-state index is 15.5. The summed E-state index contributed by atoms with van der Waals surface area (Å²) in [7, 11) is 0. The summed E-state index contributed by atoms with van der Waals surface area (Å²) in [4.78, 5) is 0. The van der Waals surface area contributed by atoms with Gasteiger partial charge < -0.3 is 4.40 Å². The average molecular weight is 324 g/mol. The number of aryl methyl sites for hydroxylation is 1. The summed E-state index contributed by atoms with van der Waals surface area (Å²) in [6.07, 6.45) is 0. The summed E-state index contributed by atoms with van der Waals surface area (Å²) < 4.78 is 56.7. The highest BCUT2D eigenvalue weighted by Crippen LogP contribution is 2.53. The van der Waals surface area contributed by atoms with Gasteiger partial charge in [0, 0.05) is 26.1 Å². The van der Waals surface area contributed by atoms with E-state index >= 15 is 8.78 Å². The fourth-order valence-corrected chi connectivity index (χ4v) is 4.15. The van der Waals surface area contributed by atoms with Crippen molar-refractivity contribution in [1.29, 1.82) is 0 Å². The molecule has 1 aliphatic heterocycles. The summed E-state index contributed by atoms with van der Waals surface area (Å²) in [5.41, 5.74) is 0.198. The first-order chi connectivity index (χ1) is 12.6. The van der Waals surface area contributed by atoms with Crippen LogP contribution in [-0.4, -0.2) is 4.40 Å². The molecule has 1 nitrogen and oxygen atoms in total. The van der Waals surface area contributed by atoms with E-state index in [9.17, 15) is 0 Å². The van der Waals surface area contributed by atoms with E-state index in [1.165, 1.54) is 26.0 Å². The van der Waals surface area contributed by atoms with Crippen LogP contribution < -0.4 is 0 Å². The second-order valence-corrected chi connectivity index (χ2v) is 7.07. The van der Waals surface area contributed by atoms with Gasteiger partial charge in [-0.3, -0.25) is 0 Å². The Bertz CT molecular complexity index is 1270. The normalized spacial score (nSPS) is 20.4. The quantitative estimate of drug-likeness (QED) is 0.353. The first-order valence-electron chi connectivity index (χ1n) is 9.45. The van der Waals surface area contributed by atoms with Crippen molar-refractivity contribution in [3.05, 3.63) is 65.4 Å². The third-order valence-electron chi connectivity index (χ3n) is 5.52. The van der Waals surface area contributed by atoms with Gasteiger partial charge in [-0.25, -0.2) is 8.78 Å². The molecule has 24 heavy (non-hydrogen) atoms. The number of rotatable bonds is 0. The van der Waals surface area contributed by atoms with E-state index in [0.29, 0.717) is 22.0 Å².